The first-order valence-corrected chi connectivity index (χ1v) is 6.94. The number of halogens is 3. The molecule has 0 spiro atoms. The SMILES string of the molecule is Cc1ccc(-c2ccc(CNC3CC3)o2)cc1C(F)(F)F. The molecule has 2 nitrogen and oxygen atoms in total. The third-order valence-electron chi connectivity index (χ3n) is 3.63. The van der Waals surface area contributed by atoms with E-state index in [4.69, 9.17) is 4.42 Å². The van der Waals surface area contributed by atoms with E-state index in [1.165, 1.54) is 25.8 Å². The molecule has 0 saturated heterocycles. The zero-order valence-electron chi connectivity index (χ0n) is 11.6. The molecule has 0 atom stereocenters. The minimum atomic E-state index is -4.34. The van der Waals surface area contributed by atoms with Gasteiger partial charge in [-0.3, -0.25) is 0 Å². The third kappa shape index (κ3) is 3.29. The summed E-state index contributed by atoms with van der Waals surface area (Å²) in [6.07, 6.45) is -1.98. The summed E-state index contributed by atoms with van der Waals surface area (Å²) in [6.45, 7) is 2.07. The van der Waals surface area contributed by atoms with Gasteiger partial charge < -0.3 is 9.73 Å². The monoisotopic (exact) mass is 295 g/mol. The lowest BCUT2D eigenvalue weighted by Gasteiger charge is -2.11. The quantitative estimate of drug-likeness (QED) is 0.896. The summed E-state index contributed by atoms with van der Waals surface area (Å²) in [5, 5.41) is 3.31. The molecule has 0 bridgehead atoms. The van der Waals surface area contributed by atoms with Crippen LogP contribution in [-0.2, 0) is 12.7 Å². The van der Waals surface area contributed by atoms with Gasteiger partial charge in [-0.1, -0.05) is 12.1 Å². The van der Waals surface area contributed by atoms with E-state index in [2.05, 4.69) is 5.32 Å². The second-order valence-electron chi connectivity index (χ2n) is 5.45. The zero-order chi connectivity index (χ0) is 15.0. The van der Waals surface area contributed by atoms with Crippen LogP contribution in [0.2, 0.25) is 0 Å². The lowest BCUT2D eigenvalue weighted by Crippen LogP contribution is -2.14. The van der Waals surface area contributed by atoms with Crippen LogP contribution < -0.4 is 5.32 Å². The fraction of sp³-hybridized carbons (Fsp3) is 0.375. The molecular formula is C16H16F3NO. The number of hydrogen-bond donors (Lipinski definition) is 1. The molecule has 1 aromatic carbocycles. The molecule has 1 aliphatic rings. The number of rotatable bonds is 4. The summed E-state index contributed by atoms with van der Waals surface area (Å²) < 4.78 is 44.4. The summed E-state index contributed by atoms with van der Waals surface area (Å²) in [6, 6.07) is 8.36. The highest BCUT2D eigenvalue weighted by molar-refractivity contribution is 5.60. The van der Waals surface area contributed by atoms with E-state index in [1.807, 2.05) is 0 Å². The van der Waals surface area contributed by atoms with Gasteiger partial charge in [0.1, 0.15) is 11.5 Å². The van der Waals surface area contributed by atoms with E-state index in [1.54, 1.807) is 18.2 Å². The maximum Gasteiger partial charge on any atom is 0.416 e. The average Bonchev–Trinajstić information content (AvgIpc) is 3.13. The van der Waals surface area contributed by atoms with Gasteiger partial charge in [-0.25, -0.2) is 0 Å². The Morgan fingerprint density at radius 2 is 1.95 bits per heavy atom. The Morgan fingerprint density at radius 3 is 2.62 bits per heavy atom. The van der Waals surface area contributed by atoms with Gasteiger partial charge in [-0.05, 0) is 43.5 Å². The van der Waals surface area contributed by atoms with Crippen molar-refractivity contribution in [3.8, 4) is 11.3 Å². The Hall–Kier alpha value is -1.75. The molecule has 21 heavy (non-hydrogen) atoms. The van der Waals surface area contributed by atoms with Gasteiger partial charge >= 0.3 is 6.18 Å². The van der Waals surface area contributed by atoms with Gasteiger partial charge in [0.25, 0.3) is 0 Å². The minimum absolute atomic E-state index is 0.216. The summed E-state index contributed by atoms with van der Waals surface area (Å²) in [4.78, 5) is 0. The predicted molar refractivity (Wildman–Crippen MR) is 73.7 cm³/mol. The number of alkyl halides is 3. The van der Waals surface area contributed by atoms with Crippen LogP contribution in [0.5, 0.6) is 0 Å². The van der Waals surface area contributed by atoms with Gasteiger partial charge in [-0.15, -0.1) is 0 Å². The number of hydrogen-bond acceptors (Lipinski definition) is 2. The fourth-order valence-electron chi connectivity index (χ4n) is 2.24. The van der Waals surface area contributed by atoms with Crippen LogP contribution in [0.3, 0.4) is 0 Å². The van der Waals surface area contributed by atoms with Crippen molar-refractivity contribution in [2.45, 2.75) is 38.5 Å². The smallest absolute Gasteiger partial charge is 0.416 e. The highest BCUT2D eigenvalue weighted by atomic mass is 19.4. The van der Waals surface area contributed by atoms with Crippen molar-refractivity contribution in [1.29, 1.82) is 0 Å². The number of aryl methyl sites for hydroxylation is 1. The van der Waals surface area contributed by atoms with Gasteiger partial charge in [0.15, 0.2) is 0 Å². The molecule has 2 aromatic rings. The average molecular weight is 295 g/mol. The van der Waals surface area contributed by atoms with Crippen LogP contribution in [0, 0.1) is 6.92 Å². The first-order chi connectivity index (χ1) is 9.93. The van der Waals surface area contributed by atoms with E-state index in [0.717, 1.165) is 11.8 Å². The third-order valence-corrected chi connectivity index (χ3v) is 3.63. The van der Waals surface area contributed by atoms with E-state index in [0.29, 0.717) is 23.9 Å². The van der Waals surface area contributed by atoms with Gasteiger partial charge in [0.05, 0.1) is 12.1 Å². The molecule has 5 heteroatoms. The van der Waals surface area contributed by atoms with Crippen molar-refractivity contribution >= 4 is 0 Å². The van der Waals surface area contributed by atoms with Gasteiger partial charge in [0, 0.05) is 11.6 Å². The van der Waals surface area contributed by atoms with Crippen molar-refractivity contribution in [2.24, 2.45) is 0 Å². The Kier molecular flexibility index (Phi) is 3.53. The predicted octanol–water partition coefficient (Wildman–Crippen LogP) is 4.53. The fourth-order valence-corrected chi connectivity index (χ4v) is 2.24. The van der Waals surface area contributed by atoms with Crippen molar-refractivity contribution in [3.05, 3.63) is 47.2 Å². The number of nitrogens with one attached hydrogen (secondary N) is 1. The largest absolute Gasteiger partial charge is 0.460 e. The highest BCUT2D eigenvalue weighted by Crippen LogP contribution is 2.35. The summed E-state index contributed by atoms with van der Waals surface area (Å²) in [7, 11) is 0. The lowest BCUT2D eigenvalue weighted by molar-refractivity contribution is -0.138. The first kappa shape index (κ1) is 14.2. The van der Waals surface area contributed by atoms with Crippen LogP contribution >= 0.6 is 0 Å². The molecule has 0 amide bonds. The van der Waals surface area contributed by atoms with Crippen LogP contribution in [-0.4, -0.2) is 6.04 Å². The molecule has 0 radical (unpaired) electrons. The summed E-state index contributed by atoms with van der Waals surface area (Å²) >= 11 is 0. The Morgan fingerprint density at radius 1 is 1.19 bits per heavy atom. The molecule has 1 aromatic heterocycles. The molecule has 3 rings (SSSR count). The molecule has 1 heterocycles. The van der Waals surface area contributed by atoms with Crippen molar-refractivity contribution in [2.75, 3.05) is 0 Å². The minimum Gasteiger partial charge on any atom is -0.460 e. The molecule has 1 N–H and O–H groups in total. The summed E-state index contributed by atoms with van der Waals surface area (Å²) in [5.41, 5.74) is 0.0492. The molecule has 112 valence electrons. The van der Waals surface area contributed by atoms with E-state index < -0.39 is 11.7 Å². The van der Waals surface area contributed by atoms with Gasteiger partial charge in [-0.2, -0.15) is 13.2 Å². The van der Waals surface area contributed by atoms with Crippen LogP contribution in [0.4, 0.5) is 13.2 Å². The number of benzene rings is 1. The molecule has 0 unspecified atom stereocenters. The van der Waals surface area contributed by atoms with E-state index >= 15 is 0 Å². The van der Waals surface area contributed by atoms with Gasteiger partial charge in [0.2, 0.25) is 0 Å². The highest BCUT2D eigenvalue weighted by Gasteiger charge is 2.32. The first-order valence-electron chi connectivity index (χ1n) is 6.94. The Balaban J connectivity index is 1.82. The molecular weight excluding hydrogens is 279 g/mol. The maximum atomic E-state index is 12.9. The number of furan rings is 1. The Labute approximate surface area is 121 Å². The topological polar surface area (TPSA) is 25.2 Å². The lowest BCUT2D eigenvalue weighted by atomic mass is 10.0. The molecule has 1 aliphatic carbocycles. The van der Waals surface area contributed by atoms with Crippen molar-refractivity contribution in [3.63, 3.8) is 0 Å². The normalized spacial score (nSPS) is 15.4. The maximum absolute atomic E-state index is 12.9. The van der Waals surface area contributed by atoms with E-state index in [-0.39, 0.29) is 5.56 Å². The standard InChI is InChI=1S/C16H16F3NO/c1-10-2-3-11(8-14(10)16(17,18)19)15-7-6-13(21-15)9-20-12-4-5-12/h2-3,6-8,12,20H,4-5,9H2,1H3. The van der Waals surface area contributed by atoms with Crippen molar-refractivity contribution in [1.82, 2.24) is 5.32 Å². The van der Waals surface area contributed by atoms with Crippen LogP contribution in [0.15, 0.2) is 34.7 Å². The molecule has 0 aliphatic heterocycles. The van der Waals surface area contributed by atoms with Crippen LogP contribution in [0.25, 0.3) is 11.3 Å². The van der Waals surface area contributed by atoms with Crippen LogP contribution in [0.1, 0.15) is 29.7 Å². The summed E-state index contributed by atoms with van der Waals surface area (Å²) in [5.74, 6) is 1.21. The molecule has 1 fully saturated rings. The van der Waals surface area contributed by atoms with E-state index in [9.17, 15) is 13.2 Å². The second kappa shape index (κ2) is 5.22. The Bertz CT molecular complexity index is 641. The van der Waals surface area contributed by atoms with Crippen molar-refractivity contribution < 1.29 is 17.6 Å². The molecule has 1 saturated carbocycles. The zero-order valence-corrected chi connectivity index (χ0v) is 11.6. The second-order valence-corrected chi connectivity index (χ2v) is 5.45.